The van der Waals surface area contributed by atoms with E-state index in [0.717, 1.165) is 4.47 Å². The minimum absolute atomic E-state index is 0.115. The molecule has 0 saturated carbocycles. The lowest BCUT2D eigenvalue weighted by Gasteiger charge is -2.18. The van der Waals surface area contributed by atoms with Gasteiger partial charge < -0.3 is 4.74 Å². The Bertz CT molecular complexity index is 876. The third-order valence-corrected chi connectivity index (χ3v) is 6.13. The number of benzene rings is 1. The van der Waals surface area contributed by atoms with Crippen molar-refractivity contribution in [3.63, 3.8) is 0 Å². The first-order valence-electron chi connectivity index (χ1n) is 7.50. The number of ether oxygens (including phenoxy) is 1. The minimum atomic E-state index is -3.86. The monoisotopic (exact) mass is 429 g/mol. The standard InChI is InChI=1S/C16H20BrN3O4S/c1-10-16(11(2)20(3)18-10)25(22,23)19-14(9-15(21)24-4)12-5-7-13(17)8-6-12/h5-8,14,19H,9H2,1-4H3. The predicted octanol–water partition coefficient (Wildman–Crippen LogP) is 2.38. The molecule has 0 saturated heterocycles. The number of nitrogens with one attached hydrogen (secondary N) is 1. The van der Waals surface area contributed by atoms with Crippen molar-refractivity contribution in [1.82, 2.24) is 14.5 Å². The van der Waals surface area contributed by atoms with Gasteiger partial charge in [0.15, 0.2) is 0 Å². The zero-order valence-corrected chi connectivity index (χ0v) is 16.8. The highest BCUT2D eigenvalue weighted by Crippen LogP contribution is 2.25. The van der Waals surface area contributed by atoms with Crippen LogP contribution in [0.2, 0.25) is 0 Å². The Morgan fingerprint density at radius 2 is 1.92 bits per heavy atom. The molecule has 1 heterocycles. The number of esters is 1. The molecule has 0 aliphatic carbocycles. The second-order valence-corrected chi connectivity index (χ2v) is 8.20. The van der Waals surface area contributed by atoms with Gasteiger partial charge in [0.25, 0.3) is 0 Å². The first-order valence-corrected chi connectivity index (χ1v) is 9.78. The fraction of sp³-hybridized carbons (Fsp3) is 0.375. The van der Waals surface area contributed by atoms with E-state index in [2.05, 4.69) is 25.8 Å². The maximum absolute atomic E-state index is 12.9. The largest absolute Gasteiger partial charge is 0.469 e. The van der Waals surface area contributed by atoms with Gasteiger partial charge in [0.05, 0.1) is 31.0 Å². The molecular weight excluding hydrogens is 410 g/mol. The van der Waals surface area contributed by atoms with Crippen molar-refractivity contribution in [2.24, 2.45) is 7.05 Å². The third kappa shape index (κ3) is 4.47. The molecule has 9 heteroatoms. The van der Waals surface area contributed by atoms with Crippen LogP contribution in [0.5, 0.6) is 0 Å². The minimum Gasteiger partial charge on any atom is -0.469 e. The summed E-state index contributed by atoms with van der Waals surface area (Å²) < 4.78 is 35.4. The fourth-order valence-electron chi connectivity index (χ4n) is 2.56. The van der Waals surface area contributed by atoms with Crippen molar-refractivity contribution in [2.75, 3.05) is 7.11 Å². The van der Waals surface area contributed by atoms with Crippen molar-refractivity contribution in [3.05, 3.63) is 45.7 Å². The van der Waals surface area contributed by atoms with E-state index in [1.54, 1.807) is 45.2 Å². The van der Waals surface area contributed by atoms with Crippen LogP contribution in [-0.2, 0) is 26.6 Å². The van der Waals surface area contributed by atoms with Crippen LogP contribution in [-0.4, -0.2) is 31.3 Å². The molecule has 0 amide bonds. The summed E-state index contributed by atoms with van der Waals surface area (Å²) in [6.07, 6.45) is -0.115. The highest BCUT2D eigenvalue weighted by molar-refractivity contribution is 9.10. The number of rotatable bonds is 6. The van der Waals surface area contributed by atoms with Gasteiger partial charge in [0.1, 0.15) is 4.90 Å². The topological polar surface area (TPSA) is 90.3 Å². The Balaban J connectivity index is 2.41. The van der Waals surface area contributed by atoms with Gasteiger partial charge in [-0.2, -0.15) is 5.10 Å². The average Bonchev–Trinajstić information content (AvgIpc) is 2.80. The van der Waals surface area contributed by atoms with Crippen LogP contribution < -0.4 is 4.72 Å². The summed E-state index contributed by atoms with van der Waals surface area (Å²) in [5, 5.41) is 4.15. The molecule has 1 aromatic heterocycles. The smallest absolute Gasteiger partial charge is 0.307 e. The number of sulfonamides is 1. The van der Waals surface area contributed by atoms with Crippen LogP contribution in [0.15, 0.2) is 33.6 Å². The van der Waals surface area contributed by atoms with E-state index in [1.165, 1.54) is 11.8 Å². The van der Waals surface area contributed by atoms with Gasteiger partial charge in [-0.25, -0.2) is 13.1 Å². The molecule has 25 heavy (non-hydrogen) atoms. The lowest BCUT2D eigenvalue weighted by Crippen LogP contribution is -2.31. The van der Waals surface area contributed by atoms with Gasteiger partial charge in [-0.15, -0.1) is 0 Å². The Labute approximate surface area is 155 Å². The zero-order chi connectivity index (χ0) is 18.8. The number of carbonyl (C=O) groups is 1. The van der Waals surface area contributed by atoms with Crippen molar-refractivity contribution >= 4 is 31.9 Å². The number of nitrogens with zero attached hydrogens (tertiary/aromatic N) is 2. The molecule has 1 unspecified atom stereocenters. The van der Waals surface area contributed by atoms with Crippen molar-refractivity contribution < 1.29 is 17.9 Å². The summed E-state index contributed by atoms with van der Waals surface area (Å²) in [6.45, 7) is 3.32. The number of hydrogen-bond donors (Lipinski definition) is 1. The Morgan fingerprint density at radius 1 is 1.32 bits per heavy atom. The maximum atomic E-state index is 12.9. The summed E-state index contributed by atoms with van der Waals surface area (Å²) in [5.41, 5.74) is 1.59. The number of methoxy groups -OCH3 is 1. The Hall–Kier alpha value is -1.71. The lowest BCUT2D eigenvalue weighted by molar-refractivity contribution is -0.141. The van der Waals surface area contributed by atoms with Gasteiger partial charge in [-0.3, -0.25) is 9.48 Å². The van der Waals surface area contributed by atoms with E-state index in [9.17, 15) is 13.2 Å². The SMILES string of the molecule is COC(=O)CC(NS(=O)(=O)c1c(C)nn(C)c1C)c1ccc(Br)cc1. The van der Waals surface area contributed by atoms with E-state index in [1.807, 2.05) is 0 Å². The number of halogens is 1. The molecule has 2 rings (SSSR count). The number of hydrogen-bond acceptors (Lipinski definition) is 5. The summed E-state index contributed by atoms with van der Waals surface area (Å²) >= 11 is 3.34. The fourth-order valence-corrected chi connectivity index (χ4v) is 4.49. The molecule has 0 aliphatic rings. The second kappa shape index (κ2) is 7.67. The summed E-state index contributed by atoms with van der Waals surface area (Å²) in [6, 6.07) is 6.33. The number of carbonyl (C=O) groups excluding carboxylic acids is 1. The highest BCUT2D eigenvalue weighted by atomic mass is 79.9. The summed E-state index contributed by atoms with van der Waals surface area (Å²) in [5.74, 6) is -0.504. The van der Waals surface area contributed by atoms with Crippen LogP contribution in [0.4, 0.5) is 0 Å². The lowest BCUT2D eigenvalue weighted by atomic mass is 10.1. The first-order chi connectivity index (χ1) is 11.7. The molecule has 1 N–H and O–H groups in total. The van der Waals surface area contributed by atoms with E-state index in [4.69, 9.17) is 4.74 Å². The Kier molecular flexibility index (Phi) is 6.02. The average molecular weight is 430 g/mol. The van der Waals surface area contributed by atoms with Crippen LogP contribution >= 0.6 is 15.9 Å². The van der Waals surface area contributed by atoms with Gasteiger partial charge in [-0.05, 0) is 31.5 Å². The maximum Gasteiger partial charge on any atom is 0.307 e. The summed E-state index contributed by atoms with van der Waals surface area (Å²) in [7, 11) is -0.914. The van der Waals surface area contributed by atoms with Crippen LogP contribution in [0, 0.1) is 13.8 Å². The van der Waals surface area contributed by atoms with Crippen molar-refractivity contribution in [1.29, 1.82) is 0 Å². The quantitative estimate of drug-likeness (QED) is 0.711. The highest BCUT2D eigenvalue weighted by Gasteiger charge is 2.28. The normalized spacial score (nSPS) is 12.8. The third-order valence-electron chi connectivity index (χ3n) is 3.88. The van der Waals surface area contributed by atoms with Gasteiger partial charge in [-0.1, -0.05) is 28.1 Å². The van der Waals surface area contributed by atoms with Crippen LogP contribution in [0.25, 0.3) is 0 Å². The molecular formula is C16H20BrN3O4S. The van der Waals surface area contributed by atoms with Gasteiger partial charge in [0, 0.05) is 11.5 Å². The van der Waals surface area contributed by atoms with E-state index >= 15 is 0 Å². The van der Waals surface area contributed by atoms with E-state index in [0.29, 0.717) is 17.0 Å². The Morgan fingerprint density at radius 3 is 2.40 bits per heavy atom. The van der Waals surface area contributed by atoms with Crippen molar-refractivity contribution in [2.45, 2.75) is 31.2 Å². The molecule has 0 bridgehead atoms. The molecule has 136 valence electrons. The first kappa shape index (κ1) is 19.6. The molecule has 2 aromatic rings. The molecule has 7 nitrogen and oxygen atoms in total. The van der Waals surface area contributed by atoms with Gasteiger partial charge in [0.2, 0.25) is 10.0 Å². The molecule has 1 atom stereocenters. The second-order valence-electron chi connectivity index (χ2n) is 5.63. The van der Waals surface area contributed by atoms with Crippen molar-refractivity contribution in [3.8, 4) is 0 Å². The number of aromatic nitrogens is 2. The molecule has 1 aromatic carbocycles. The summed E-state index contributed by atoms with van der Waals surface area (Å²) in [4.78, 5) is 11.9. The molecule has 0 spiro atoms. The zero-order valence-electron chi connectivity index (χ0n) is 14.4. The van der Waals surface area contributed by atoms with E-state index in [-0.39, 0.29) is 11.3 Å². The van der Waals surface area contributed by atoms with Crippen LogP contribution in [0.3, 0.4) is 0 Å². The molecule has 0 radical (unpaired) electrons. The molecule has 0 fully saturated rings. The van der Waals surface area contributed by atoms with Gasteiger partial charge >= 0.3 is 5.97 Å². The molecule has 0 aliphatic heterocycles. The number of aryl methyl sites for hydroxylation is 2. The predicted molar refractivity (Wildman–Crippen MR) is 96.5 cm³/mol. The van der Waals surface area contributed by atoms with Crippen LogP contribution in [0.1, 0.15) is 29.4 Å². The van der Waals surface area contributed by atoms with E-state index < -0.39 is 22.0 Å².